The number of likely N-dealkylation sites (tertiary alicyclic amines) is 1. The lowest BCUT2D eigenvalue weighted by molar-refractivity contribution is 0.0659. The highest BCUT2D eigenvalue weighted by molar-refractivity contribution is 5.97. The molecule has 8 nitrogen and oxygen atoms in total. The van der Waals surface area contributed by atoms with E-state index in [1.54, 1.807) is 18.3 Å². The Hall–Kier alpha value is -3.98. The molecule has 0 atom stereocenters. The second-order valence-electron chi connectivity index (χ2n) is 10.8. The standard InChI is InChI=1S/C31H38FN7O/c1-37-19-14-26(15-20-37)38(2)29(40)23-10-12-25(13-11-23)35-30(33)36-28-27(9-6-18-34-28)39-21-16-31(32,17-22-39)24-7-4-3-5-8-24/h3-13,18,26H,14-17,19-22H2,1-2H3,(H3,33,34,35,36). The van der Waals surface area contributed by atoms with Crippen molar-refractivity contribution in [1.82, 2.24) is 14.8 Å². The normalized spacial score (nSPS) is 18.4. The van der Waals surface area contributed by atoms with Gasteiger partial charge in [0.2, 0.25) is 0 Å². The number of halogens is 1. The van der Waals surface area contributed by atoms with Gasteiger partial charge in [-0.1, -0.05) is 30.3 Å². The molecule has 40 heavy (non-hydrogen) atoms. The molecule has 1 amide bonds. The molecular weight excluding hydrogens is 505 g/mol. The second-order valence-corrected chi connectivity index (χ2v) is 10.8. The Morgan fingerprint density at radius 2 is 1.70 bits per heavy atom. The molecule has 2 aromatic carbocycles. The van der Waals surface area contributed by atoms with Gasteiger partial charge in [0, 0.05) is 56.5 Å². The highest BCUT2D eigenvalue weighted by Gasteiger charge is 2.36. The fourth-order valence-corrected chi connectivity index (χ4v) is 5.59. The lowest BCUT2D eigenvalue weighted by Crippen LogP contribution is -2.44. The quantitative estimate of drug-likeness (QED) is 0.344. The van der Waals surface area contributed by atoms with Crippen molar-refractivity contribution in [3.05, 3.63) is 84.1 Å². The summed E-state index contributed by atoms with van der Waals surface area (Å²) in [6.45, 7) is 3.11. The van der Waals surface area contributed by atoms with Crippen LogP contribution in [0.25, 0.3) is 0 Å². The number of piperidine rings is 2. The van der Waals surface area contributed by atoms with Crippen LogP contribution in [0.2, 0.25) is 0 Å². The summed E-state index contributed by atoms with van der Waals surface area (Å²) in [5.41, 5.74) is 7.83. The first kappa shape index (κ1) is 27.6. The number of carbonyl (C=O) groups is 1. The highest BCUT2D eigenvalue weighted by atomic mass is 19.1. The van der Waals surface area contributed by atoms with Crippen LogP contribution in [0.3, 0.4) is 0 Å². The first-order valence-electron chi connectivity index (χ1n) is 13.9. The number of pyridine rings is 1. The topological polar surface area (TPSA) is 90.1 Å². The van der Waals surface area contributed by atoms with E-state index in [9.17, 15) is 4.79 Å². The molecule has 0 aliphatic carbocycles. The van der Waals surface area contributed by atoms with Gasteiger partial charge < -0.3 is 25.8 Å². The molecule has 3 heterocycles. The molecule has 9 heteroatoms. The maximum atomic E-state index is 15.7. The number of nitrogens with two attached hydrogens (primary N) is 1. The largest absolute Gasteiger partial charge is 0.369 e. The Balaban J connectivity index is 1.22. The lowest BCUT2D eigenvalue weighted by atomic mass is 9.86. The number of hydrogen-bond acceptors (Lipinski definition) is 5. The van der Waals surface area contributed by atoms with E-state index >= 15 is 4.39 Å². The SMILES string of the molecule is CN1CCC(N(C)C(=O)c2ccc(NC(N)=Nc3ncccc3N3CCC(F)(c4ccccc4)CC3)cc2)CC1. The summed E-state index contributed by atoms with van der Waals surface area (Å²) in [5, 5.41) is 3.10. The minimum absolute atomic E-state index is 0.0203. The molecule has 0 saturated carbocycles. The third-order valence-corrected chi connectivity index (χ3v) is 8.14. The average molecular weight is 544 g/mol. The Labute approximate surface area is 235 Å². The summed E-state index contributed by atoms with van der Waals surface area (Å²) in [6, 6.07) is 20.7. The van der Waals surface area contributed by atoms with Gasteiger partial charge in [-0.15, -0.1) is 0 Å². The van der Waals surface area contributed by atoms with Gasteiger partial charge in [0.15, 0.2) is 11.8 Å². The number of nitrogens with one attached hydrogen (secondary N) is 1. The number of guanidine groups is 1. The maximum Gasteiger partial charge on any atom is 0.253 e. The summed E-state index contributed by atoms with van der Waals surface area (Å²) < 4.78 is 15.7. The molecule has 0 bridgehead atoms. The molecule has 0 radical (unpaired) electrons. The van der Waals surface area contributed by atoms with Gasteiger partial charge in [-0.2, -0.15) is 4.99 Å². The number of nitrogens with zero attached hydrogens (tertiary/aromatic N) is 5. The summed E-state index contributed by atoms with van der Waals surface area (Å²) in [6.07, 6.45) is 4.42. The van der Waals surface area contributed by atoms with Crippen LogP contribution in [-0.4, -0.2) is 73.0 Å². The number of aromatic nitrogens is 1. The predicted octanol–water partition coefficient (Wildman–Crippen LogP) is 4.77. The van der Waals surface area contributed by atoms with E-state index in [1.807, 2.05) is 66.5 Å². The van der Waals surface area contributed by atoms with Crippen molar-refractivity contribution in [2.24, 2.45) is 10.7 Å². The molecule has 3 aromatic rings. The van der Waals surface area contributed by atoms with Gasteiger partial charge in [-0.25, -0.2) is 9.37 Å². The van der Waals surface area contributed by atoms with E-state index < -0.39 is 5.67 Å². The molecule has 2 aliphatic rings. The number of amides is 1. The molecule has 2 fully saturated rings. The van der Waals surface area contributed by atoms with Crippen molar-refractivity contribution in [3.63, 3.8) is 0 Å². The van der Waals surface area contributed by atoms with Crippen molar-refractivity contribution < 1.29 is 9.18 Å². The third kappa shape index (κ3) is 6.25. The Morgan fingerprint density at radius 1 is 1.02 bits per heavy atom. The zero-order valence-corrected chi connectivity index (χ0v) is 23.3. The van der Waals surface area contributed by atoms with E-state index in [-0.39, 0.29) is 17.9 Å². The van der Waals surface area contributed by atoms with Crippen LogP contribution in [0.5, 0.6) is 0 Å². The van der Waals surface area contributed by atoms with Gasteiger partial charge in [0.25, 0.3) is 5.91 Å². The van der Waals surface area contributed by atoms with Crippen molar-refractivity contribution in [3.8, 4) is 0 Å². The van der Waals surface area contributed by atoms with Crippen LogP contribution in [0.1, 0.15) is 41.6 Å². The van der Waals surface area contributed by atoms with Crippen LogP contribution in [0, 0.1) is 0 Å². The summed E-state index contributed by atoms with van der Waals surface area (Å²) in [7, 11) is 4.00. The van der Waals surface area contributed by atoms with Crippen molar-refractivity contribution in [2.75, 3.05) is 50.5 Å². The molecule has 3 N–H and O–H groups in total. The molecule has 0 spiro atoms. The number of aliphatic imine (C=N–C) groups is 1. The monoisotopic (exact) mass is 543 g/mol. The van der Waals surface area contributed by atoms with Gasteiger partial charge in [-0.3, -0.25) is 4.79 Å². The summed E-state index contributed by atoms with van der Waals surface area (Å²) >= 11 is 0. The lowest BCUT2D eigenvalue weighted by Gasteiger charge is -2.38. The number of carbonyl (C=O) groups excluding carboxylic acids is 1. The third-order valence-electron chi connectivity index (χ3n) is 8.14. The van der Waals surface area contributed by atoms with E-state index in [0.717, 1.165) is 42.9 Å². The number of rotatable bonds is 6. The molecule has 0 unspecified atom stereocenters. The minimum Gasteiger partial charge on any atom is -0.369 e. The molecule has 210 valence electrons. The average Bonchev–Trinajstić information content (AvgIpc) is 2.98. The van der Waals surface area contributed by atoms with Gasteiger partial charge in [-0.05, 0) is 74.9 Å². The number of hydrogen-bond donors (Lipinski definition) is 2. The Bertz CT molecular complexity index is 1320. The minimum atomic E-state index is -1.33. The fraction of sp³-hybridized carbons (Fsp3) is 0.387. The molecule has 2 saturated heterocycles. The number of benzene rings is 2. The number of anilines is 2. The van der Waals surface area contributed by atoms with E-state index in [0.29, 0.717) is 37.3 Å². The number of alkyl halides is 1. The van der Waals surface area contributed by atoms with Crippen LogP contribution in [0.15, 0.2) is 77.9 Å². The Kier molecular flexibility index (Phi) is 8.30. The zero-order chi connectivity index (χ0) is 28.1. The smallest absolute Gasteiger partial charge is 0.253 e. The summed E-state index contributed by atoms with van der Waals surface area (Å²) in [5.74, 6) is 0.681. The van der Waals surface area contributed by atoms with Crippen molar-refractivity contribution >= 4 is 29.1 Å². The van der Waals surface area contributed by atoms with E-state index in [1.165, 1.54) is 0 Å². The van der Waals surface area contributed by atoms with Crippen molar-refractivity contribution in [2.45, 2.75) is 37.4 Å². The van der Waals surface area contributed by atoms with E-state index in [4.69, 9.17) is 5.73 Å². The molecular formula is C31H38FN7O. The maximum absolute atomic E-state index is 15.7. The van der Waals surface area contributed by atoms with Crippen molar-refractivity contribution in [1.29, 1.82) is 0 Å². The Morgan fingerprint density at radius 3 is 2.38 bits per heavy atom. The van der Waals surface area contributed by atoms with Gasteiger partial charge in [0.05, 0.1) is 5.69 Å². The van der Waals surface area contributed by atoms with Gasteiger partial charge in [0.1, 0.15) is 5.67 Å². The first-order valence-corrected chi connectivity index (χ1v) is 13.9. The van der Waals surface area contributed by atoms with E-state index in [2.05, 4.69) is 32.1 Å². The van der Waals surface area contributed by atoms with Crippen LogP contribution in [-0.2, 0) is 5.67 Å². The fourth-order valence-electron chi connectivity index (χ4n) is 5.59. The molecule has 5 rings (SSSR count). The van der Waals surface area contributed by atoms with Crippen LogP contribution < -0.4 is 16.0 Å². The van der Waals surface area contributed by atoms with Crippen LogP contribution in [0.4, 0.5) is 21.6 Å². The van der Waals surface area contributed by atoms with Crippen LogP contribution >= 0.6 is 0 Å². The first-order chi connectivity index (χ1) is 19.3. The van der Waals surface area contributed by atoms with Gasteiger partial charge >= 0.3 is 0 Å². The molecule has 1 aromatic heterocycles. The molecule has 2 aliphatic heterocycles. The predicted molar refractivity (Wildman–Crippen MR) is 159 cm³/mol. The summed E-state index contributed by atoms with van der Waals surface area (Å²) in [4.78, 5) is 28.3. The highest BCUT2D eigenvalue weighted by Crippen LogP contribution is 2.39. The zero-order valence-electron chi connectivity index (χ0n) is 23.3. The second kappa shape index (κ2) is 12.0.